The summed E-state index contributed by atoms with van der Waals surface area (Å²) in [6, 6.07) is 13.6. The summed E-state index contributed by atoms with van der Waals surface area (Å²) in [6.07, 6.45) is 0. The van der Waals surface area contributed by atoms with Crippen molar-refractivity contribution in [1.29, 1.82) is 0 Å². The highest BCUT2D eigenvalue weighted by Crippen LogP contribution is 2.28. The molecule has 2 aromatic carbocycles. The molecule has 0 nitrogen and oxygen atoms in total. The Bertz CT molecular complexity index is 727. The van der Waals surface area contributed by atoms with Crippen molar-refractivity contribution < 1.29 is 0 Å². The smallest absolute Gasteiger partial charge is 0.101 e. The van der Waals surface area contributed by atoms with Gasteiger partial charge in [0.2, 0.25) is 0 Å². The molecule has 0 radical (unpaired) electrons. The highest BCUT2D eigenvalue weighted by atomic mass is 28.3. The van der Waals surface area contributed by atoms with Crippen LogP contribution in [0.25, 0.3) is 11.1 Å². The predicted octanol–water partition coefficient (Wildman–Crippen LogP) is 3.17. The van der Waals surface area contributed by atoms with Gasteiger partial charge in [-0.1, -0.05) is 48.8 Å². The lowest BCUT2D eigenvalue weighted by Gasteiger charge is -2.19. The van der Waals surface area contributed by atoms with Crippen LogP contribution in [0.1, 0.15) is 18.1 Å². The van der Waals surface area contributed by atoms with Crippen LogP contribution in [0.15, 0.2) is 36.4 Å². The lowest BCUT2D eigenvalue weighted by atomic mass is 10.0. The first-order valence-electron chi connectivity index (χ1n) is 6.73. The summed E-state index contributed by atoms with van der Waals surface area (Å²) in [4.78, 5) is 0. The topological polar surface area (TPSA) is 0 Å². The van der Waals surface area contributed by atoms with Crippen molar-refractivity contribution in [3.8, 4) is 23.0 Å². The van der Waals surface area contributed by atoms with Crippen LogP contribution in [0, 0.1) is 18.8 Å². The maximum Gasteiger partial charge on any atom is 0.113 e. The van der Waals surface area contributed by atoms with E-state index in [9.17, 15) is 0 Å². The van der Waals surface area contributed by atoms with Crippen molar-refractivity contribution in [2.24, 2.45) is 0 Å². The first-order chi connectivity index (χ1) is 9.04. The van der Waals surface area contributed by atoms with E-state index in [0.717, 1.165) is 5.56 Å². The number of hydrogen-bond acceptors (Lipinski definition) is 0. The van der Waals surface area contributed by atoms with Crippen LogP contribution in [-0.2, 0) is 0 Å². The summed E-state index contributed by atoms with van der Waals surface area (Å²) in [7, 11) is -1.54. The average molecular weight is 262 g/mol. The molecule has 19 heavy (non-hydrogen) atoms. The van der Waals surface area contributed by atoms with Crippen LogP contribution in [0.3, 0.4) is 0 Å². The molecule has 0 saturated carbocycles. The van der Waals surface area contributed by atoms with Crippen LogP contribution in [-0.4, -0.2) is 8.07 Å². The number of aryl methyl sites for hydroxylation is 1. The van der Waals surface area contributed by atoms with Crippen LogP contribution < -0.4 is 10.4 Å². The molecule has 0 atom stereocenters. The molecule has 0 bridgehead atoms. The third-order valence-corrected chi connectivity index (χ3v) is 7.62. The summed E-state index contributed by atoms with van der Waals surface area (Å²) >= 11 is 0. The zero-order valence-corrected chi connectivity index (χ0v) is 13.0. The van der Waals surface area contributed by atoms with Gasteiger partial charge in [0.05, 0.1) is 0 Å². The minimum absolute atomic E-state index is 1.14. The Morgan fingerprint density at radius 2 is 1.53 bits per heavy atom. The molecule has 1 heterocycles. The van der Waals surface area contributed by atoms with Gasteiger partial charge in [-0.2, -0.15) is 0 Å². The standard InChI is InChI=1S/C18H18Si/c1-5-6-14-8-10-16-15-9-7-13(2)11-17(15)19(3,4)18(16)12-14/h7-12H,1-4H3. The molecule has 0 N–H and O–H groups in total. The largest absolute Gasteiger partial charge is 0.113 e. The second-order valence-corrected chi connectivity index (χ2v) is 10.1. The molecular weight excluding hydrogens is 244 g/mol. The quantitative estimate of drug-likeness (QED) is 0.505. The Hall–Kier alpha value is -1.78. The fraction of sp³-hybridized carbons (Fsp3) is 0.222. The number of rotatable bonds is 0. The van der Waals surface area contributed by atoms with Gasteiger partial charge in [0.15, 0.2) is 0 Å². The van der Waals surface area contributed by atoms with Gasteiger partial charge in [-0.25, -0.2) is 0 Å². The van der Waals surface area contributed by atoms with Crippen molar-refractivity contribution >= 4 is 18.4 Å². The van der Waals surface area contributed by atoms with E-state index in [1.54, 1.807) is 5.19 Å². The van der Waals surface area contributed by atoms with E-state index >= 15 is 0 Å². The van der Waals surface area contributed by atoms with Gasteiger partial charge < -0.3 is 0 Å². The Kier molecular flexibility index (Phi) is 2.65. The van der Waals surface area contributed by atoms with Gasteiger partial charge in [0.25, 0.3) is 0 Å². The fourth-order valence-electron chi connectivity index (χ4n) is 3.07. The lowest BCUT2D eigenvalue weighted by molar-refractivity contribution is 1.49. The Morgan fingerprint density at radius 1 is 0.895 bits per heavy atom. The molecule has 1 aliphatic heterocycles. The first kappa shape index (κ1) is 12.3. The van der Waals surface area contributed by atoms with Gasteiger partial charge in [-0.15, -0.1) is 5.92 Å². The lowest BCUT2D eigenvalue weighted by Crippen LogP contribution is -2.49. The zero-order valence-electron chi connectivity index (χ0n) is 12.0. The first-order valence-corrected chi connectivity index (χ1v) is 9.73. The fourth-order valence-corrected chi connectivity index (χ4v) is 6.25. The van der Waals surface area contributed by atoms with Gasteiger partial charge in [-0.05, 0) is 47.5 Å². The van der Waals surface area contributed by atoms with Crippen LogP contribution in [0.4, 0.5) is 0 Å². The van der Waals surface area contributed by atoms with Crippen molar-refractivity contribution in [1.82, 2.24) is 0 Å². The third kappa shape index (κ3) is 1.75. The van der Waals surface area contributed by atoms with Gasteiger partial charge in [0, 0.05) is 5.56 Å². The molecule has 1 aliphatic rings. The van der Waals surface area contributed by atoms with E-state index in [0.29, 0.717) is 0 Å². The van der Waals surface area contributed by atoms with Crippen LogP contribution in [0.2, 0.25) is 13.1 Å². The summed E-state index contributed by atoms with van der Waals surface area (Å²) in [5, 5.41) is 3.11. The zero-order chi connectivity index (χ0) is 13.6. The molecule has 0 aliphatic carbocycles. The van der Waals surface area contributed by atoms with Crippen molar-refractivity contribution in [3.05, 3.63) is 47.5 Å². The highest BCUT2D eigenvalue weighted by molar-refractivity contribution is 7.03. The van der Waals surface area contributed by atoms with Gasteiger partial charge in [-0.3, -0.25) is 0 Å². The number of hydrogen-bond donors (Lipinski definition) is 0. The molecule has 0 aromatic heterocycles. The normalized spacial score (nSPS) is 14.3. The van der Waals surface area contributed by atoms with Gasteiger partial charge in [0.1, 0.15) is 8.07 Å². The average Bonchev–Trinajstić information content (AvgIpc) is 2.59. The maximum absolute atomic E-state index is 3.19. The SMILES string of the molecule is CC#Cc1ccc2c(c1)[Si](C)(C)c1cc(C)ccc1-2. The van der Waals surface area contributed by atoms with Crippen LogP contribution >= 0.6 is 0 Å². The third-order valence-electron chi connectivity index (χ3n) is 4.10. The summed E-state index contributed by atoms with van der Waals surface area (Å²) in [6.45, 7) is 8.97. The molecule has 0 saturated heterocycles. The van der Waals surface area contributed by atoms with E-state index in [4.69, 9.17) is 0 Å². The van der Waals surface area contributed by atoms with Crippen molar-refractivity contribution in [2.75, 3.05) is 0 Å². The summed E-state index contributed by atoms with van der Waals surface area (Å²) < 4.78 is 0. The molecule has 3 rings (SSSR count). The second kappa shape index (κ2) is 4.11. The molecule has 0 spiro atoms. The molecule has 0 amide bonds. The van der Waals surface area contributed by atoms with E-state index in [1.807, 2.05) is 6.92 Å². The van der Waals surface area contributed by atoms with Crippen molar-refractivity contribution in [3.63, 3.8) is 0 Å². The Morgan fingerprint density at radius 3 is 2.21 bits per heavy atom. The van der Waals surface area contributed by atoms with E-state index in [-0.39, 0.29) is 0 Å². The summed E-state index contributed by atoms with van der Waals surface area (Å²) in [5.41, 5.74) is 5.37. The second-order valence-electron chi connectivity index (χ2n) is 5.81. The van der Waals surface area contributed by atoms with E-state index in [2.05, 4.69) is 68.3 Å². The molecular formula is C18H18Si. The molecule has 0 fully saturated rings. The number of benzene rings is 2. The van der Waals surface area contributed by atoms with Crippen molar-refractivity contribution in [2.45, 2.75) is 26.9 Å². The summed E-state index contributed by atoms with van der Waals surface area (Å²) in [5.74, 6) is 6.18. The van der Waals surface area contributed by atoms with Gasteiger partial charge >= 0.3 is 0 Å². The predicted molar refractivity (Wildman–Crippen MR) is 85.9 cm³/mol. The number of fused-ring (bicyclic) bond motifs is 3. The Balaban J connectivity index is 2.29. The van der Waals surface area contributed by atoms with E-state index in [1.165, 1.54) is 21.9 Å². The molecule has 1 heteroatoms. The molecule has 2 aromatic rings. The minimum atomic E-state index is -1.54. The maximum atomic E-state index is 3.19. The minimum Gasteiger partial charge on any atom is -0.101 e. The Labute approximate surface area is 116 Å². The molecule has 0 unspecified atom stereocenters. The molecule has 94 valence electrons. The van der Waals surface area contributed by atoms with E-state index < -0.39 is 8.07 Å². The highest BCUT2D eigenvalue weighted by Gasteiger charge is 2.37. The monoisotopic (exact) mass is 262 g/mol. The van der Waals surface area contributed by atoms with Crippen LogP contribution in [0.5, 0.6) is 0 Å².